The summed E-state index contributed by atoms with van der Waals surface area (Å²) in [5, 5.41) is 0.464. The van der Waals surface area contributed by atoms with Gasteiger partial charge in [0.05, 0.1) is 10.0 Å². The van der Waals surface area contributed by atoms with Gasteiger partial charge in [-0.15, -0.1) is 0 Å². The van der Waals surface area contributed by atoms with Gasteiger partial charge in [0.1, 0.15) is 0 Å². The fraction of sp³-hybridized carbons (Fsp3) is 0. The Morgan fingerprint density at radius 1 is 1.21 bits per heavy atom. The van der Waals surface area contributed by atoms with Gasteiger partial charge in [-0.2, -0.15) is 0 Å². The summed E-state index contributed by atoms with van der Waals surface area (Å²) < 4.78 is 32.5. The van der Waals surface area contributed by atoms with E-state index in [0.29, 0.717) is 0 Å². The summed E-state index contributed by atoms with van der Waals surface area (Å²) in [4.78, 5) is 0. The summed E-state index contributed by atoms with van der Waals surface area (Å²) in [6, 6.07) is 3.97. The zero-order chi connectivity index (χ0) is 10.1. The second-order valence-electron chi connectivity index (χ2n) is 2.19. The van der Waals surface area contributed by atoms with E-state index >= 15 is 0 Å². The molecule has 4 nitrogen and oxygen atoms in total. The van der Waals surface area contributed by atoms with Gasteiger partial charge < -0.3 is 4.55 Å². The van der Waals surface area contributed by atoms with Crippen LogP contribution in [0.5, 0.6) is 0 Å². The van der Waals surface area contributed by atoms with Gasteiger partial charge in [-0.25, -0.2) is 8.42 Å². The van der Waals surface area contributed by atoms with Crippen molar-refractivity contribution in [3.05, 3.63) is 28.2 Å². The van der Waals surface area contributed by atoms with Crippen molar-refractivity contribution < 1.29 is 42.5 Å². The topological polar surface area (TPSA) is 69.2 Å². The third-order valence-electron chi connectivity index (χ3n) is 1.16. The summed E-state index contributed by atoms with van der Waals surface area (Å²) in [5.74, 6) is 0. The van der Waals surface area contributed by atoms with Crippen LogP contribution < -0.4 is 34.3 Å². The van der Waals surface area contributed by atoms with Gasteiger partial charge in [-0.3, -0.25) is 4.72 Å². The first kappa shape index (κ1) is 14.5. The predicted octanol–water partition coefficient (Wildman–Crippen LogP) is -1.13. The van der Waals surface area contributed by atoms with Crippen molar-refractivity contribution in [2.24, 2.45) is 0 Å². The Labute approximate surface area is 114 Å². The normalized spacial score (nSPS) is 10.5. The van der Waals surface area contributed by atoms with E-state index in [9.17, 15) is 13.0 Å². The molecule has 0 unspecified atom stereocenters. The maximum absolute atomic E-state index is 10.3. The average molecular weight is 264 g/mol. The zero-order valence-corrected chi connectivity index (χ0v) is 11.4. The molecule has 1 aromatic carbocycles. The van der Waals surface area contributed by atoms with E-state index in [4.69, 9.17) is 23.2 Å². The molecule has 1 N–H and O–H groups in total. The number of rotatable bonds is 2. The van der Waals surface area contributed by atoms with E-state index in [0.717, 1.165) is 0 Å². The summed E-state index contributed by atoms with van der Waals surface area (Å²) in [6.45, 7) is 0. The van der Waals surface area contributed by atoms with Crippen molar-refractivity contribution in [3.63, 3.8) is 0 Å². The quantitative estimate of drug-likeness (QED) is 0.543. The minimum absolute atomic E-state index is 0. The molecule has 0 fully saturated rings. The van der Waals surface area contributed by atoms with E-state index in [-0.39, 0.29) is 45.3 Å². The van der Waals surface area contributed by atoms with Crippen LogP contribution in [0.1, 0.15) is 0 Å². The summed E-state index contributed by atoms with van der Waals surface area (Å²) >= 11 is 11.1. The fourth-order valence-electron chi connectivity index (χ4n) is 0.704. The van der Waals surface area contributed by atoms with E-state index < -0.39 is 10.3 Å². The van der Waals surface area contributed by atoms with Crippen LogP contribution in [0.25, 0.3) is 0 Å². The minimum atomic E-state index is -4.51. The number of nitrogens with one attached hydrogen (secondary N) is 1. The van der Waals surface area contributed by atoms with Crippen LogP contribution in [0, 0.1) is 0 Å². The molecule has 14 heavy (non-hydrogen) atoms. The number of hydrogen-bond acceptors (Lipinski definition) is 3. The first-order valence-electron chi connectivity index (χ1n) is 3.07. The molecule has 0 aliphatic heterocycles. The van der Waals surface area contributed by atoms with Gasteiger partial charge in [0, 0.05) is 5.69 Å². The molecule has 0 aliphatic rings. The third kappa shape index (κ3) is 4.84. The van der Waals surface area contributed by atoms with Crippen LogP contribution in [0.4, 0.5) is 5.69 Å². The smallest absolute Gasteiger partial charge is 0.731 e. The molecule has 72 valence electrons. The van der Waals surface area contributed by atoms with Crippen molar-refractivity contribution in [3.8, 4) is 0 Å². The Bertz CT molecular complexity index is 423. The Balaban J connectivity index is 0.00000169. The van der Waals surface area contributed by atoms with Crippen molar-refractivity contribution in [2.45, 2.75) is 0 Å². The molecule has 0 saturated heterocycles. The molecule has 0 heterocycles. The molecule has 0 atom stereocenters. The van der Waals surface area contributed by atoms with Crippen molar-refractivity contribution >= 4 is 39.2 Å². The predicted molar refractivity (Wildman–Crippen MR) is 49.8 cm³/mol. The van der Waals surface area contributed by atoms with Crippen LogP contribution in [0.3, 0.4) is 0 Å². The SMILES string of the molecule is O=S(=O)([O-])Nc1ccc(Cl)c(Cl)c1.[Na+]. The van der Waals surface area contributed by atoms with E-state index in [2.05, 4.69) is 0 Å². The molecule has 0 aliphatic carbocycles. The molecule has 1 aromatic rings. The molecule has 0 amide bonds. The second kappa shape index (κ2) is 5.55. The third-order valence-corrected chi connectivity index (χ3v) is 2.39. The molecule has 0 saturated carbocycles. The molecule has 0 bridgehead atoms. The maximum Gasteiger partial charge on any atom is 1.00 e. The molecule has 1 rings (SSSR count). The van der Waals surface area contributed by atoms with Crippen molar-refractivity contribution in [2.75, 3.05) is 4.72 Å². The summed E-state index contributed by atoms with van der Waals surface area (Å²) in [7, 11) is -4.51. The molecular weight excluding hydrogens is 260 g/mol. The molecule has 8 heteroatoms. The van der Waals surface area contributed by atoms with E-state index in [1.54, 1.807) is 4.72 Å². The van der Waals surface area contributed by atoms with Crippen molar-refractivity contribution in [1.82, 2.24) is 0 Å². The van der Waals surface area contributed by atoms with Gasteiger partial charge in [-0.1, -0.05) is 23.2 Å². The summed E-state index contributed by atoms with van der Waals surface area (Å²) in [6.07, 6.45) is 0. The average Bonchev–Trinajstić information content (AvgIpc) is 1.94. The van der Waals surface area contributed by atoms with Crippen molar-refractivity contribution in [1.29, 1.82) is 0 Å². The zero-order valence-electron chi connectivity index (χ0n) is 7.12. The second-order valence-corrected chi connectivity index (χ2v) is 4.11. The largest absolute Gasteiger partial charge is 1.00 e. The first-order chi connectivity index (χ1) is 5.88. The number of anilines is 1. The fourth-order valence-corrected chi connectivity index (χ4v) is 1.42. The number of halogens is 2. The molecule has 0 radical (unpaired) electrons. The van der Waals surface area contributed by atoms with Gasteiger partial charge in [0.15, 0.2) is 10.3 Å². The monoisotopic (exact) mass is 263 g/mol. The van der Waals surface area contributed by atoms with Gasteiger partial charge in [0.2, 0.25) is 0 Å². The Morgan fingerprint density at radius 2 is 1.79 bits per heavy atom. The van der Waals surface area contributed by atoms with Gasteiger partial charge in [0.25, 0.3) is 0 Å². The Morgan fingerprint density at radius 3 is 2.21 bits per heavy atom. The van der Waals surface area contributed by atoms with Crippen LogP contribution >= 0.6 is 23.2 Å². The molecule has 0 aromatic heterocycles. The number of hydrogen-bond donors (Lipinski definition) is 1. The van der Waals surface area contributed by atoms with Crippen LogP contribution in [-0.2, 0) is 10.3 Å². The van der Waals surface area contributed by atoms with E-state index in [1.807, 2.05) is 0 Å². The van der Waals surface area contributed by atoms with Crippen LogP contribution in [0.2, 0.25) is 10.0 Å². The maximum atomic E-state index is 10.3. The molecular formula is C6H4Cl2NNaO3S. The molecule has 0 spiro atoms. The number of benzene rings is 1. The van der Waals surface area contributed by atoms with Gasteiger partial charge in [-0.05, 0) is 18.2 Å². The Hall–Kier alpha value is 0.510. The van der Waals surface area contributed by atoms with Crippen LogP contribution in [-0.4, -0.2) is 13.0 Å². The minimum Gasteiger partial charge on any atom is -0.731 e. The Kier molecular flexibility index (Phi) is 5.76. The first-order valence-corrected chi connectivity index (χ1v) is 5.23. The standard InChI is InChI=1S/C6H5Cl2NO3S.Na/c7-5-2-1-4(3-6(5)8)9-13(10,11)12;/h1-3,9H,(H,10,11,12);/q;+1/p-1. The van der Waals surface area contributed by atoms with E-state index in [1.165, 1.54) is 18.2 Å². The van der Waals surface area contributed by atoms with Crippen LogP contribution in [0.15, 0.2) is 18.2 Å². The van der Waals surface area contributed by atoms with Gasteiger partial charge >= 0.3 is 29.6 Å². The summed E-state index contributed by atoms with van der Waals surface area (Å²) in [5.41, 5.74) is 0.0874.